The second kappa shape index (κ2) is 14.8. The molecule has 0 aliphatic heterocycles. The number of benzene rings is 1. The first-order valence-corrected chi connectivity index (χ1v) is 9.40. The average molecular weight is 493 g/mol. The first kappa shape index (κ1) is 25.8. The summed E-state index contributed by atoms with van der Waals surface area (Å²) >= 11 is 0. The minimum Gasteiger partial charge on any atom is -0.493 e. The van der Waals surface area contributed by atoms with Crippen molar-refractivity contribution >= 4 is 29.9 Å². The Labute approximate surface area is 181 Å². The molecule has 27 heavy (non-hydrogen) atoms. The molecule has 156 valence electrons. The molecule has 0 heterocycles. The minimum absolute atomic E-state index is 0. The van der Waals surface area contributed by atoms with Crippen LogP contribution in [0.5, 0.6) is 11.5 Å². The SMILES string of the molecule is CCNC(=NCc1ccc(OC)c(OC)c1)NCCC(OCC)C(C)C.I. The first-order valence-electron chi connectivity index (χ1n) is 9.40. The number of hydrogen-bond acceptors (Lipinski definition) is 4. The normalized spacial score (nSPS) is 12.3. The van der Waals surface area contributed by atoms with Crippen LogP contribution >= 0.6 is 24.0 Å². The fourth-order valence-corrected chi connectivity index (χ4v) is 2.65. The van der Waals surface area contributed by atoms with E-state index in [1.54, 1.807) is 14.2 Å². The molecule has 7 heteroatoms. The van der Waals surface area contributed by atoms with E-state index in [-0.39, 0.29) is 30.1 Å². The van der Waals surface area contributed by atoms with E-state index in [9.17, 15) is 0 Å². The lowest BCUT2D eigenvalue weighted by molar-refractivity contribution is 0.0258. The van der Waals surface area contributed by atoms with Gasteiger partial charge >= 0.3 is 0 Å². The highest BCUT2D eigenvalue weighted by atomic mass is 127. The average Bonchev–Trinajstić information content (AvgIpc) is 2.64. The van der Waals surface area contributed by atoms with Crippen LogP contribution in [0.15, 0.2) is 23.2 Å². The minimum atomic E-state index is 0. The van der Waals surface area contributed by atoms with Gasteiger partial charge in [-0.15, -0.1) is 24.0 Å². The molecule has 1 unspecified atom stereocenters. The van der Waals surface area contributed by atoms with Crippen LogP contribution in [-0.4, -0.2) is 46.0 Å². The molecule has 2 N–H and O–H groups in total. The highest BCUT2D eigenvalue weighted by Crippen LogP contribution is 2.27. The van der Waals surface area contributed by atoms with Gasteiger partial charge in [-0.25, -0.2) is 4.99 Å². The zero-order valence-corrected chi connectivity index (χ0v) is 19.8. The maximum absolute atomic E-state index is 5.80. The quantitative estimate of drug-likeness (QED) is 0.279. The van der Waals surface area contributed by atoms with Crippen molar-refractivity contribution in [1.82, 2.24) is 10.6 Å². The van der Waals surface area contributed by atoms with E-state index >= 15 is 0 Å². The van der Waals surface area contributed by atoms with Crippen molar-refractivity contribution < 1.29 is 14.2 Å². The Balaban J connectivity index is 0.00000676. The van der Waals surface area contributed by atoms with E-state index in [2.05, 4.69) is 36.4 Å². The Morgan fingerprint density at radius 3 is 2.33 bits per heavy atom. The molecule has 0 saturated heterocycles. The molecule has 1 atom stereocenters. The number of rotatable bonds is 11. The highest BCUT2D eigenvalue weighted by molar-refractivity contribution is 14.0. The molecule has 0 amide bonds. The topological polar surface area (TPSA) is 64.1 Å². The third-order valence-corrected chi connectivity index (χ3v) is 4.06. The molecule has 6 nitrogen and oxygen atoms in total. The van der Waals surface area contributed by atoms with Crippen LogP contribution in [-0.2, 0) is 11.3 Å². The van der Waals surface area contributed by atoms with Gasteiger partial charge in [0.1, 0.15) is 0 Å². The highest BCUT2D eigenvalue weighted by Gasteiger charge is 2.13. The summed E-state index contributed by atoms with van der Waals surface area (Å²) in [6, 6.07) is 5.85. The number of ether oxygens (including phenoxy) is 3. The van der Waals surface area contributed by atoms with E-state index in [0.717, 1.165) is 49.1 Å². The second-order valence-electron chi connectivity index (χ2n) is 6.34. The molecule has 0 spiro atoms. The Morgan fingerprint density at radius 1 is 1.07 bits per heavy atom. The number of hydrogen-bond donors (Lipinski definition) is 2. The van der Waals surface area contributed by atoms with Crippen molar-refractivity contribution in [2.45, 2.75) is 46.8 Å². The van der Waals surface area contributed by atoms with Crippen molar-refractivity contribution in [1.29, 1.82) is 0 Å². The second-order valence-corrected chi connectivity index (χ2v) is 6.34. The Bertz CT molecular complexity index is 553. The van der Waals surface area contributed by atoms with Crippen molar-refractivity contribution in [3.05, 3.63) is 23.8 Å². The van der Waals surface area contributed by atoms with Gasteiger partial charge in [0.25, 0.3) is 0 Å². The third-order valence-electron chi connectivity index (χ3n) is 4.06. The maximum Gasteiger partial charge on any atom is 0.191 e. The van der Waals surface area contributed by atoms with Crippen LogP contribution in [0, 0.1) is 5.92 Å². The van der Waals surface area contributed by atoms with Crippen LogP contribution in [0.1, 0.15) is 39.7 Å². The van der Waals surface area contributed by atoms with E-state index < -0.39 is 0 Å². The van der Waals surface area contributed by atoms with Gasteiger partial charge in [0.15, 0.2) is 17.5 Å². The number of halogens is 1. The van der Waals surface area contributed by atoms with E-state index in [4.69, 9.17) is 14.2 Å². The molecule has 0 aliphatic rings. The van der Waals surface area contributed by atoms with E-state index in [1.807, 2.05) is 25.1 Å². The smallest absolute Gasteiger partial charge is 0.191 e. The van der Waals surface area contributed by atoms with Gasteiger partial charge in [-0.3, -0.25) is 0 Å². The Hall–Kier alpha value is -1.22. The van der Waals surface area contributed by atoms with E-state index in [0.29, 0.717) is 12.5 Å². The predicted molar refractivity (Wildman–Crippen MR) is 123 cm³/mol. The van der Waals surface area contributed by atoms with Crippen molar-refractivity contribution in [2.24, 2.45) is 10.9 Å². The fraction of sp³-hybridized carbons (Fsp3) is 0.650. The number of aliphatic imine (C=N–C) groups is 1. The summed E-state index contributed by atoms with van der Waals surface area (Å²) in [4.78, 5) is 4.66. The van der Waals surface area contributed by atoms with Crippen molar-refractivity contribution in [2.75, 3.05) is 33.9 Å². The fourth-order valence-electron chi connectivity index (χ4n) is 2.65. The Kier molecular flexibility index (Phi) is 14.1. The van der Waals surface area contributed by atoms with Gasteiger partial charge in [0.2, 0.25) is 0 Å². The molecular weight excluding hydrogens is 457 g/mol. The lowest BCUT2D eigenvalue weighted by Gasteiger charge is -2.21. The number of nitrogens with zero attached hydrogens (tertiary/aromatic N) is 1. The van der Waals surface area contributed by atoms with Crippen molar-refractivity contribution in [3.63, 3.8) is 0 Å². The number of guanidine groups is 1. The van der Waals surface area contributed by atoms with Gasteiger partial charge in [-0.05, 0) is 43.9 Å². The molecule has 1 aromatic rings. The number of nitrogens with one attached hydrogen (secondary N) is 2. The lowest BCUT2D eigenvalue weighted by atomic mass is 10.0. The van der Waals surface area contributed by atoms with Gasteiger partial charge in [0, 0.05) is 19.7 Å². The number of methoxy groups -OCH3 is 2. The van der Waals surface area contributed by atoms with Crippen LogP contribution in [0.2, 0.25) is 0 Å². The van der Waals surface area contributed by atoms with Gasteiger partial charge in [-0.1, -0.05) is 19.9 Å². The summed E-state index contributed by atoms with van der Waals surface area (Å²) in [6.07, 6.45) is 1.22. The molecule has 0 saturated carbocycles. The molecular formula is C20H36IN3O3. The van der Waals surface area contributed by atoms with Crippen LogP contribution in [0.25, 0.3) is 0 Å². The molecule has 1 rings (SSSR count). The summed E-state index contributed by atoms with van der Waals surface area (Å²) in [5.74, 6) is 2.75. The summed E-state index contributed by atoms with van der Waals surface area (Å²) in [6.45, 7) is 11.4. The maximum atomic E-state index is 5.80. The van der Waals surface area contributed by atoms with Gasteiger partial charge < -0.3 is 24.8 Å². The Morgan fingerprint density at radius 2 is 1.78 bits per heavy atom. The van der Waals surface area contributed by atoms with Crippen LogP contribution in [0.3, 0.4) is 0 Å². The summed E-state index contributed by atoms with van der Waals surface area (Å²) in [7, 11) is 3.27. The molecule has 0 bridgehead atoms. The molecule has 0 aliphatic carbocycles. The van der Waals surface area contributed by atoms with Crippen LogP contribution in [0.4, 0.5) is 0 Å². The van der Waals surface area contributed by atoms with Crippen molar-refractivity contribution in [3.8, 4) is 11.5 Å². The monoisotopic (exact) mass is 493 g/mol. The molecule has 0 aromatic heterocycles. The summed E-state index contributed by atoms with van der Waals surface area (Å²) in [5.41, 5.74) is 1.06. The molecule has 0 radical (unpaired) electrons. The molecule has 1 aromatic carbocycles. The summed E-state index contributed by atoms with van der Waals surface area (Å²) < 4.78 is 16.4. The lowest BCUT2D eigenvalue weighted by Crippen LogP contribution is -2.39. The third kappa shape index (κ3) is 9.51. The van der Waals surface area contributed by atoms with Gasteiger partial charge in [-0.2, -0.15) is 0 Å². The van der Waals surface area contributed by atoms with Gasteiger partial charge in [0.05, 0.1) is 26.9 Å². The molecule has 0 fully saturated rings. The van der Waals surface area contributed by atoms with E-state index in [1.165, 1.54) is 0 Å². The zero-order valence-electron chi connectivity index (χ0n) is 17.5. The predicted octanol–water partition coefficient (Wildman–Crippen LogP) is 3.83. The van der Waals surface area contributed by atoms with Crippen LogP contribution < -0.4 is 20.1 Å². The summed E-state index contributed by atoms with van der Waals surface area (Å²) in [5, 5.41) is 6.67. The standard InChI is InChI=1S/C20H35N3O3.HI/c1-7-21-20(22-12-11-17(15(3)4)26-8-2)23-14-16-9-10-18(24-5)19(13-16)25-6;/h9-10,13,15,17H,7-8,11-12,14H2,1-6H3,(H2,21,22,23);1H. The largest absolute Gasteiger partial charge is 0.493 e. The zero-order chi connectivity index (χ0) is 19.4. The first-order chi connectivity index (χ1) is 12.5.